The van der Waals surface area contributed by atoms with Crippen molar-refractivity contribution in [1.29, 1.82) is 0 Å². The van der Waals surface area contributed by atoms with Crippen molar-refractivity contribution in [2.24, 2.45) is 0 Å². The zero-order chi connectivity index (χ0) is 22.6. The molecule has 0 aliphatic heterocycles. The van der Waals surface area contributed by atoms with Gasteiger partial charge in [0.1, 0.15) is 10.9 Å². The molecule has 3 aromatic heterocycles. The van der Waals surface area contributed by atoms with E-state index in [-0.39, 0.29) is 0 Å². The Morgan fingerprint density at radius 2 is 1.67 bits per heavy atom. The molecular formula is C28H23N3O2. The summed E-state index contributed by atoms with van der Waals surface area (Å²) in [5.74, 6) is 6.99. The van der Waals surface area contributed by atoms with Crippen molar-refractivity contribution < 1.29 is 4.42 Å². The first kappa shape index (κ1) is 20.7. The Balaban J connectivity index is 1.80. The van der Waals surface area contributed by atoms with E-state index in [1.54, 1.807) is 10.7 Å². The van der Waals surface area contributed by atoms with Crippen molar-refractivity contribution in [3.63, 3.8) is 0 Å². The van der Waals surface area contributed by atoms with Gasteiger partial charge in [-0.25, -0.2) is 14.3 Å². The van der Waals surface area contributed by atoms with Gasteiger partial charge in [0.2, 0.25) is 0 Å². The van der Waals surface area contributed by atoms with Gasteiger partial charge in [-0.2, -0.15) is 5.10 Å². The maximum Gasteiger partial charge on any atom is 0.349 e. The minimum atomic E-state index is -0.465. The van der Waals surface area contributed by atoms with Crippen LogP contribution in [0.25, 0.3) is 39.1 Å². The molecule has 0 unspecified atom stereocenters. The van der Waals surface area contributed by atoms with E-state index in [0.29, 0.717) is 27.9 Å². The SMILES string of the molecule is CCCCCC#Cc1c(-c2ccccc2)oc(=O)c2c1nn1c(-c3ccccc3)ccnc21. The Bertz CT molecular complexity index is 1540. The second-order valence-electron chi connectivity index (χ2n) is 7.87. The third-order valence-corrected chi connectivity index (χ3v) is 5.61. The van der Waals surface area contributed by atoms with Crippen LogP contribution in [-0.4, -0.2) is 14.6 Å². The Hall–Kier alpha value is -4.17. The molecule has 0 N–H and O–H groups in total. The van der Waals surface area contributed by atoms with Crippen molar-refractivity contribution in [2.45, 2.75) is 32.6 Å². The lowest BCUT2D eigenvalue weighted by Crippen LogP contribution is -2.03. The molecule has 0 bridgehead atoms. The molecule has 5 aromatic rings. The highest BCUT2D eigenvalue weighted by atomic mass is 16.4. The zero-order valence-electron chi connectivity index (χ0n) is 18.4. The number of rotatable bonds is 5. The van der Waals surface area contributed by atoms with Gasteiger partial charge in [0.25, 0.3) is 0 Å². The van der Waals surface area contributed by atoms with Crippen LogP contribution in [0.2, 0.25) is 0 Å². The minimum Gasteiger partial charge on any atom is -0.421 e. The molecule has 2 aromatic carbocycles. The predicted octanol–water partition coefficient (Wildman–Crippen LogP) is 6.10. The van der Waals surface area contributed by atoms with E-state index in [9.17, 15) is 4.79 Å². The lowest BCUT2D eigenvalue weighted by molar-refractivity contribution is 0.534. The van der Waals surface area contributed by atoms with Crippen LogP contribution in [0.3, 0.4) is 0 Å². The number of hydrogen-bond donors (Lipinski definition) is 0. The third-order valence-electron chi connectivity index (χ3n) is 5.61. The Morgan fingerprint density at radius 1 is 0.939 bits per heavy atom. The quantitative estimate of drug-likeness (QED) is 0.248. The molecule has 0 amide bonds. The van der Waals surface area contributed by atoms with Crippen molar-refractivity contribution in [3.05, 3.63) is 88.9 Å². The fourth-order valence-electron chi connectivity index (χ4n) is 3.96. The average molecular weight is 434 g/mol. The molecule has 0 radical (unpaired) electrons. The zero-order valence-corrected chi connectivity index (χ0v) is 18.4. The van der Waals surface area contributed by atoms with Crippen molar-refractivity contribution in [2.75, 3.05) is 0 Å². The van der Waals surface area contributed by atoms with E-state index in [0.717, 1.165) is 42.5 Å². The van der Waals surface area contributed by atoms with Crippen molar-refractivity contribution >= 4 is 16.6 Å². The smallest absolute Gasteiger partial charge is 0.349 e. The predicted molar refractivity (Wildman–Crippen MR) is 131 cm³/mol. The molecule has 0 saturated heterocycles. The van der Waals surface area contributed by atoms with Gasteiger partial charge in [0.05, 0.1) is 11.3 Å². The summed E-state index contributed by atoms with van der Waals surface area (Å²) in [6.45, 7) is 2.17. The fourth-order valence-corrected chi connectivity index (χ4v) is 3.96. The summed E-state index contributed by atoms with van der Waals surface area (Å²) in [4.78, 5) is 17.6. The van der Waals surface area contributed by atoms with Gasteiger partial charge in [0.15, 0.2) is 11.4 Å². The molecule has 0 spiro atoms. The van der Waals surface area contributed by atoms with Crippen LogP contribution >= 0.6 is 0 Å². The summed E-state index contributed by atoms with van der Waals surface area (Å²) in [5, 5.41) is 5.20. The highest BCUT2D eigenvalue weighted by Gasteiger charge is 2.21. The second kappa shape index (κ2) is 9.13. The molecular weight excluding hydrogens is 410 g/mol. The number of unbranched alkanes of at least 4 members (excludes halogenated alkanes) is 3. The number of hydrogen-bond acceptors (Lipinski definition) is 4. The van der Waals surface area contributed by atoms with E-state index in [2.05, 4.69) is 23.7 Å². The topological polar surface area (TPSA) is 60.4 Å². The lowest BCUT2D eigenvalue weighted by atomic mass is 10.1. The van der Waals surface area contributed by atoms with E-state index in [4.69, 9.17) is 9.52 Å². The van der Waals surface area contributed by atoms with E-state index >= 15 is 0 Å². The summed E-state index contributed by atoms with van der Waals surface area (Å²) < 4.78 is 7.56. The monoisotopic (exact) mass is 433 g/mol. The highest BCUT2D eigenvalue weighted by Crippen LogP contribution is 2.30. The molecule has 5 nitrogen and oxygen atoms in total. The van der Waals surface area contributed by atoms with Crippen LogP contribution in [0.1, 0.15) is 38.2 Å². The number of fused-ring (bicyclic) bond motifs is 3. The standard InChI is InChI=1S/C28H23N3O2/c1-2-3-4-5-12-17-22-25-24(28(32)33-26(22)21-15-10-7-11-16-21)27-29-19-18-23(31(27)30-25)20-13-8-6-9-14-20/h6-11,13-16,18-19H,2-5H2,1H3. The molecule has 0 atom stereocenters. The van der Waals surface area contributed by atoms with Gasteiger partial charge in [-0.3, -0.25) is 0 Å². The van der Waals surface area contributed by atoms with Crippen LogP contribution in [-0.2, 0) is 0 Å². The van der Waals surface area contributed by atoms with Gasteiger partial charge in [0, 0.05) is 23.7 Å². The Morgan fingerprint density at radius 3 is 2.39 bits per heavy atom. The maximum atomic E-state index is 13.2. The van der Waals surface area contributed by atoms with Gasteiger partial charge in [-0.15, -0.1) is 0 Å². The summed E-state index contributed by atoms with van der Waals surface area (Å²) in [6.07, 6.45) is 5.79. The summed E-state index contributed by atoms with van der Waals surface area (Å²) in [6, 6.07) is 21.4. The molecule has 0 aliphatic carbocycles. The minimum absolute atomic E-state index is 0.352. The normalized spacial score (nSPS) is 10.9. The fraction of sp³-hybridized carbons (Fsp3) is 0.179. The molecule has 33 heavy (non-hydrogen) atoms. The number of aromatic nitrogens is 3. The largest absolute Gasteiger partial charge is 0.421 e. The Labute approximate surface area is 191 Å². The molecule has 0 aliphatic rings. The third kappa shape index (κ3) is 3.92. The van der Waals surface area contributed by atoms with Gasteiger partial charge in [-0.05, 0) is 12.5 Å². The van der Waals surface area contributed by atoms with Crippen molar-refractivity contribution in [3.8, 4) is 34.4 Å². The molecule has 162 valence electrons. The number of nitrogens with zero attached hydrogens (tertiary/aromatic N) is 3. The van der Waals surface area contributed by atoms with Crippen LogP contribution in [0.5, 0.6) is 0 Å². The first-order valence-corrected chi connectivity index (χ1v) is 11.2. The van der Waals surface area contributed by atoms with Gasteiger partial charge in [-0.1, -0.05) is 92.3 Å². The van der Waals surface area contributed by atoms with Crippen molar-refractivity contribution in [1.82, 2.24) is 14.6 Å². The molecule has 3 heterocycles. The van der Waals surface area contributed by atoms with Crippen LogP contribution in [0, 0.1) is 11.8 Å². The Kier molecular flexibility index (Phi) is 5.73. The van der Waals surface area contributed by atoms with Gasteiger partial charge < -0.3 is 4.42 Å². The van der Waals surface area contributed by atoms with Crippen LogP contribution in [0.4, 0.5) is 0 Å². The van der Waals surface area contributed by atoms with E-state index < -0.39 is 5.63 Å². The summed E-state index contributed by atoms with van der Waals surface area (Å²) in [5.41, 5.74) is 3.77. The molecule has 5 heteroatoms. The van der Waals surface area contributed by atoms with Crippen LogP contribution < -0.4 is 5.63 Å². The first-order chi connectivity index (χ1) is 16.3. The molecule has 0 fully saturated rings. The molecule has 0 saturated carbocycles. The highest BCUT2D eigenvalue weighted by molar-refractivity contribution is 5.97. The van der Waals surface area contributed by atoms with Gasteiger partial charge >= 0.3 is 5.63 Å². The van der Waals surface area contributed by atoms with E-state index in [1.165, 1.54) is 0 Å². The van der Waals surface area contributed by atoms with Crippen LogP contribution in [0.15, 0.2) is 82.1 Å². The maximum absolute atomic E-state index is 13.2. The summed E-state index contributed by atoms with van der Waals surface area (Å²) in [7, 11) is 0. The summed E-state index contributed by atoms with van der Waals surface area (Å²) >= 11 is 0. The number of benzene rings is 2. The molecule has 5 rings (SSSR count). The lowest BCUT2D eigenvalue weighted by Gasteiger charge is -2.03. The average Bonchev–Trinajstić information content (AvgIpc) is 3.26. The van der Waals surface area contributed by atoms with E-state index in [1.807, 2.05) is 66.7 Å². The second-order valence-corrected chi connectivity index (χ2v) is 7.87. The first-order valence-electron chi connectivity index (χ1n) is 11.2.